The smallest absolute Gasteiger partial charge is 0.417 e. The number of benzene rings is 2. The van der Waals surface area contributed by atoms with Gasteiger partial charge in [-0.1, -0.05) is 0 Å². The van der Waals surface area contributed by atoms with Crippen LogP contribution in [0.1, 0.15) is 15.9 Å². The Balaban J connectivity index is 1.79. The first kappa shape index (κ1) is 20.7. The highest BCUT2D eigenvalue weighted by Gasteiger charge is 2.35. The molecule has 0 saturated heterocycles. The Bertz CT molecular complexity index is 1490. The molecule has 3 aromatic heterocycles. The second-order valence-corrected chi connectivity index (χ2v) is 8.20. The maximum Gasteiger partial charge on any atom is 0.417 e. The van der Waals surface area contributed by atoms with E-state index in [1.165, 1.54) is 35.6 Å². The van der Waals surface area contributed by atoms with Gasteiger partial charge in [0.05, 0.1) is 26.4 Å². The fourth-order valence-corrected chi connectivity index (χ4v) is 4.63. The van der Waals surface area contributed by atoms with E-state index >= 15 is 0 Å². The summed E-state index contributed by atoms with van der Waals surface area (Å²) in [5.41, 5.74) is 5.91. The summed E-state index contributed by atoms with van der Waals surface area (Å²) >= 11 is 1.30. The van der Waals surface area contributed by atoms with Crippen LogP contribution in [0.15, 0.2) is 54.6 Å². The number of nitrogens with zero attached hydrogens (tertiary/aromatic N) is 4. The van der Waals surface area contributed by atoms with Crippen LogP contribution in [0, 0.1) is 0 Å². The van der Waals surface area contributed by atoms with Crippen LogP contribution in [0.5, 0.6) is 5.75 Å². The number of fused-ring (bicyclic) bond motifs is 1. The number of thiophene rings is 1. The van der Waals surface area contributed by atoms with Gasteiger partial charge in [0.25, 0.3) is 0 Å². The highest BCUT2D eigenvalue weighted by atomic mass is 32.1. The lowest BCUT2D eigenvalue weighted by atomic mass is 10.0. The van der Waals surface area contributed by atoms with Crippen molar-refractivity contribution in [3.8, 4) is 33.4 Å². The average molecular weight is 470 g/mol. The van der Waals surface area contributed by atoms with E-state index in [1.54, 1.807) is 28.8 Å². The van der Waals surface area contributed by atoms with Gasteiger partial charge in [0, 0.05) is 16.8 Å². The van der Waals surface area contributed by atoms with E-state index in [-0.39, 0.29) is 16.8 Å². The molecule has 0 radical (unpaired) electrons. The predicted octanol–water partition coefficient (Wildman–Crippen LogP) is 4.36. The zero-order valence-corrected chi connectivity index (χ0v) is 17.3. The SMILES string of the molecule is NC(=O)c1ccc(-n2c(-c3ccc(O)cc3C(F)(F)F)cc3sc(-c4nnn[nH]4)cc32)cc1. The van der Waals surface area contributed by atoms with Gasteiger partial charge in [0.2, 0.25) is 5.91 Å². The largest absolute Gasteiger partial charge is 0.508 e. The van der Waals surface area contributed by atoms with Gasteiger partial charge in [-0.25, -0.2) is 5.10 Å². The van der Waals surface area contributed by atoms with Crippen LogP contribution in [0.25, 0.3) is 37.9 Å². The molecule has 1 amide bonds. The van der Waals surface area contributed by atoms with Crippen molar-refractivity contribution in [2.45, 2.75) is 6.18 Å². The summed E-state index contributed by atoms with van der Waals surface area (Å²) in [7, 11) is 0. The number of alkyl halides is 3. The molecule has 0 aliphatic rings. The third kappa shape index (κ3) is 3.59. The Morgan fingerprint density at radius 1 is 1.09 bits per heavy atom. The molecule has 4 N–H and O–H groups in total. The number of phenolic OH excluding ortho intramolecular Hbond substituents is 1. The van der Waals surface area contributed by atoms with Crippen LogP contribution in [0.4, 0.5) is 13.2 Å². The standard InChI is InChI=1S/C21H13F3N6O2S/c22-21(23,24)14-7-12(31)5-6-13(14)15-8-17-16(9-18(33-17)20-26-28-29-27-20)30(15)11-3-1-10(2-4-11)19(25)32/h1-9,31H,(H2,25,32)(H,26,27,28,29). The van der Waals surface area contributed by atoms with E-state index in [4.69, 9.17) is 5.73 Å². The molecule has 0 fully saturated rings. The fraction of sp³-hybridized carbons (Fsp3) is 0.0476. The number of tetrazole rings is 1. The molecule has 2 aromatic carbocycles. The quantitative estimate of drug-likeness (QED) is 0.360. The lowest BCUT2D eigenvalue weighted by Crippen LogP contribution is -2.11. The van der Waals surface area contributed by atoms with Gasteiger partial charge in [0.1, 0.15) is 5.75 Å². The molecular formula is C21H13F3N6O2S. The number of rotatable bonds is 4. The number of nitrogens with two attached hydrogens (primary N) is 1. The Labute approximate surface area is 187 Å². The van der Waals surface area contributed by atoms with E-state index in [2.05, 4.69) is 20.6 Å². The zero-order chi connectivity index (χ0) is 23.3. The lowest BCUT2D eigenvalue weighted by Gasteiger charge is -2.16. The number of aromatic nitrogens is 5. The highest BCUT2D eigenvalue weighted by molar-refractivity contribution is 7.22. The first-order valence-corrected chi connectivity index (χ1v) is 10.2. The van der Waals surface area contributed by atoms with Gasteiger partial charge in [-0.05, 0) is 65.0 Å². The van der Waals surface area contributed by atoms with E-state index in [0.717, 1.165) is 0 Å². The third-order valence-corrected chi connectivity index (χ3v) is 6.14. The van der Waals surface area contributed by atoms with Crippen molar-refractivity contribution in [2.24, 2.45) is 5.73 Å². The molecule has 0 spiro atoms. The van der Waals surface area contributed by atoms with Crippen LogP contribution in [-0.2, 0) is 6.18 Å². The van der Waals surface area contributed by atoms with E-state index in [9.17, 15) is 23.1 Å². The Kier molecular flexibility index (Phi) is 4.67. The number of nitrogens with one attached hydrogen (secondary N) is 1. The minimum Gasteiger partial charge on any atom is -0.508 e. The van der Waals surface area contributed by atoms with E-state index < -0.39 is 23.4 Å². The summed E-state index contributed by atoms with van der Waals surface area (Å²) in [6, 6.07) is 12.7. The Morgan fingerprint density at radius 3 is 2.48 bits per heavy atom. The van der Waals surface area contributed by atoms with Crippen LogP contribution in [0.2, 0.25) is 0 Å². The van der Waals surface area contributed by atoms with Crippen LogP contribution in [0.3, 0.4) is 0 Å². The molecule has 0 aliphatic carbocycles. The second kappa shape index (κ2) is 7.45. The van der Waals surface area contributed by atoms with Gasteiger partial charge >= 0.3 is 6.18 Å². The maximum absolute atomic E-state index is 13.8. The minimum absolute atomic E-state index is 0.106. The number of halogens is 3. The molecule has 3 heterocycles. The summed E-state index contributed by atoms with van der Waals surface area (Å²) in [4.78, 5) is 12.2. The molecular weight excluding hydrogens is 457 g/mol. The number of H-pyrrole nitrogens is 1. The lowest BCUT2D eigenvalue weighted by molar-refractivity contribution is -0.137. The van der Waals surface area contributed by atoms with Crippen LogP contribution < -0.4 is 5.73 Å². The molecule has 0 unspecified atom stereocenters. The number of hydrogen-bond donors (Lipinski definition) is 3. The van der Waals surface area contributed by atoms with Crippen molar-refractivity contribution in [1.82, 2.24) is 25.2 Å². The third-order valence-electron chi connectivity index (χ3n) is 5.06. The van der Waals surface area contributed by atoms with Crippen molar-refractivity contribution in [3.05, 3.63) is 65.7 Å². The maximum atomic E-state index is 13.8. The summed E-state index contributed by atoms with van der Waals surface area (Å²) in [6.07, 6.45) is -4.69. The van der Waals surface area contributed by atoms with Crippen molar-refractivity contribution in [1.29, 1.82) is 0 Å². The number of carbonyl (C=O) groups is 1. The normalized spacial score (nSPS) is 11.8. The van der Waals surface area contributed by atoms with Crippen molar-refractivity contribution < 1.29 is 23.1 Å². The van der Waals surface area contributed by atoms with Gasteiger partial charge in [-0.3, -0.25) is 4.79 Å². The summed E-state index contributed by atoms with van der Waals surface area (Å²) in [6.45, 7) is 0. The number of amides is 1. The van der Waals surface area contributed by atoms with Crippen LogP contribution in [-0.4, -0.2) is 36.2 Å². The minimum atomic E-state index is -4.69. The van der Waals surface area contributed by atoms with Crippen molar-refractivity contribution in [3.63, 3.8) is 0 Å². The first-order valence-electron chi connectivity index (χ1n) is 9.42. The summed E-state index contributed by atoms with van der Waals surface area (Å²) < 4.78 is 43.8. The summed E-state index contributed by atoms with van der Waals surface area (Å²) in [5, 5.41) is 23.4. The van der Waals surface area contributed by atoms with Gasteiger partial charge in [0.15, 0.2) is 5.82 Å². The van der Waals surface area contributed by atoms with Gasteiger partial charge in [-0.15, -0.1) is 16.4 Å². The summed E-state index contributed by atoms with van der Waals surface area (Å²) in [5.74, 6) is -0.682. The van der Waals surface area contributed by atoms with Crippen LogP contribution >= 0.6 is 11.3 Å². The Hall–Kier alpha value is -4.19. The fourth-order valence-electron chi connectivity index (χ4n) is 3.61. The predicted molar refractivity (Wildman–Crippen MR) is 115 cm³/mol. The molecule has 0 saturated carbocycles. The molecule has 5 rings (SSSR count). The number of carbonyl (C=O) groups excluding carboxylic acids is 1. The average Bonchev–Trinajstić information content (AvgIpc) is 3.49. The molecule has 8 nitrogen and oxygen atoms in total. The number of phenols is 1. The first-order chi connectivity index (χ1) is 15.7. The number of primary amides is 1. The van der Waals surface area contributed by atoms with E-state index in [1.807, 2.05) is 0 Å². The van der Waals surface area contributed by atoms with Gasteiger partial charge in [-0.2, -0.15) is 13.2 Å². The molecule has 0 bridgehead atoms. The van der Waals surface area contributed by atoms with Crippen molar-refractivity contribution in [2.75, 3.05) is 0 Å². The molecule has 5 aromatic rings. The topological polar surface area (TPSA) is 123 Å². The van der Waals surface area contributed by atoms with Crippen molar-refractivity contribution >= 4 is 27.5 Å². The Morgan fingerprint density at radius 2 is 1.85 bits per heavy atom. The van der Waals surface area contributed by atoms with E-state index in [0.29, 0.717) is 32.7 Å². The second-order valence-electron chi connectivity index (χ2n) is 7.11. The molecule has 0 atom stereocenters. The molecule has 12 heteroatoms. The molecule has 33 heavy (non-hydrogen) atoms. The molecule has 0 aliphatic heterocycles. The van der Waals surface area contributed by atoms with Gasteiger partial charge < -0.3 is 15.4 Å². The molecule has 166 valence electrons. The number of aromatic amines is 1. The number of aromatic hydroxyl groups is 1. The zero-order valence-electron chi connectivity index (χ0n) is 16.5. The number of hydrogen-bond acceptors (Lipinski definition) is 6. The monoisotopic (exact) mass is 470 g/mol. The highest BCUT2D eigenvalue weighted by Crippen LogP contribution is 2.44.